The Morgan fingerprint density at radius 2 is 1.67 bits per heavy atom. The molecule has 0 heterocycles. The molecule has 5 heteroatoms. The summed E-state index contributed by atoms with van der Waals surface area (Å²) in [6.07, 6.45) is 1.79. The molecule has 0 saturated carbocycles. The van der Waals surface area contributed by atoms with E-state index in [1.165, 1.54) is 0 Å². The Bertz CT molecular complexity index is 306. The summed E-state index contributed by atoms with van der Waals surface area (Å²) in [4.78, 5) is 22.9. The lowest BCUT2D eigenvalue weighted by molar-refractivity contribution is -0.141. The summed E-state index contributed by atoms with van der Waals surface area (Å²) in [5, 5.41) is 14.4. The SMILES string of the molecule is CCCC(C)(C)NC(=O)NC(C(=O)O)C(C)(C)C. The molecule has 3 N–H and O–H groups in total. The van der Waals surface area contributed by atoms with E-state index in [-0.39, 0.29) is 5.54 Å². The second-order valence-corrected chi connectivity index (χ2v) is 6.37. The molecule has 0 aliphatic rings. The fourth-order valence-corrected chi connectivity index (χ4v) is 1.81. The highest BCUT2D eigenvalue weighted by molar-refractivity contribution is 5.83. The molecule has 0 aliphatic carbocycles. The van der Waals surface area contributed by atoms with Crippen LogP contribution in [0, 0.1) is 5.41 Å². The van der Waals surface area contributed by atoms with Crippen LogP contribution >= 0.6 is 0 Å². The van der Waals surface area contributed by atoms with Crippen LogP contribution in [0.4, 0.5) is 4.79 Å². The number of hydrogen-bond donors (Lipinski definition) is 3. The highest BCUT2D eigenvalue weighted by Crippen LogP contribution is 2.19. The lowest BCUT2D eigenvalue weighted by atomic mass is 9.87. The first-order valence-electron chi connectivity index (χ1n) is 6.31. The average Bonchev–Trinajstić information content (AvgIpc) is 2.10. The minimum absolute atomic E-state index is 0.334. The van der Waals surface area contributed by atoms with Gasteiger partial charge < -0.3 is 15.7 Å². The number of amides is 2. The molecule has 0 radical (unpaired) electrons. The molecule has 106 valence electrons. The molecule has 18 heavy (non-hydrogen) atoms. The zero-order valence-electron chi connectivity index (χ0n) is 12.3. The number of carbonyl (C=O) groups is 2. The zero-order chi connectivity index (χ0) is 14.6. The van der Waals surface area contributed by atoms with Crippen molar-refractivity contribution >= 4 is 12.0 Å². The minimum atomic E-state index is -1.02. The molecule has 0 aromatic rings. The van der Waals surface area contributed by atoms with Gasteiger partial charge in [-0.2, -0.15) is 0 Å². The van der Waals surface area contributed by atoms with Gasteiger partial charge in [-0.05, 0) is 25.7 Å². The number of nitrogens with one attached hydrogen (secondary N) is 2. The summed E-state index contributed by atoms with van der Waals surface area (Å²) in [5.74, 6) is -1.02. The molecule has 1 unspecified atom stereocenters. The van der Waals surface area contributed by atoms with E-state index in [4.69, 9.17) is 5.11 Å². The van der Waals surface area contributed by atoms with E-state index in [2.05, 4.69) is 10.6 Å². The van der Waals surface area contributed by atoms with E-state index in [0.29, 0.717) is 0 Å². The van der Waals surface area contributed by atoms with Gasteiger partial charge in [0.25, 0.3) is 0 Å². The molecule has 0 aromatic carbocycles. The van der Waals surface area contributed by atoms with Crippen molar-refractivity contribution in [2.75, 3.05) is 0 Å². The number of urea groups is 1. The van der Waals surface area contributed by atoms with Gasteiger partial charge in [0.05, 0.1) is 0 Å². The summed E-state index contributed by atoms with van der Waals surface area (Å²) in [6, 6.07) is -1.34. The number of carboxylic acid groups (broad SMARTS) is 1. The molecule has 2 amide bonds. The Kier molecular flexibility index (Phi) is 5.64. The Labute approximate surface area is 109 Å². The third-order valence-electron chi connectivity index (χ3n) is 2.72. The van der Waals surface area contributed by atoms with Crippen LogP contribution in [-0.2, 0) is 4.79 Å². The van der Waals surface area contributed by atoms with Gasteiger partial charge in [-0.3, -0.25) is 0 Å². The van der Waals surface area contributed by atoms with Crippen molar-refractivity contribution in [3.63, 3.8) is 0 Å². The fraction of sp³-hybridized carbons (Fsp3) is 0.846. The summed E-state index contributed by atoms with van der Waals surface area (Å²) < 4.78 is 0. The van der Waals surface area contributed by atoms with Gasteiger partial charge in [0, 0.05) is 5.54 Å². The molecule has 1 atom stereocenters. The van der Waals surface area contributed by atoms with Gasteiger partial charge in [-0.25, -0.2) is 9.59 Å². The van der Waals surface area contributed by atoms with Crippen molar-refractivity contribution in [3.8, 4) is 0 Å². The number of aliphatic carboxylic acids is 1. The number of rotatable bonds is 5. The molecule has 5 nitrogen and oxygen atoms in total. The first kappa shape index (κ1) is 16.7. The molecule has 0 aliphatic heterocycles. The molecule has 0 saturated heterocycles. The van der Waals surface area contributed by atoms with Gasteiger partial charge in [-0.15, -0.1) is 0 Å². The lowest BCUT2D eigenvalue weighted by Crippen LogP contribution is -2.56. The Hall–Kier alpha value is -1.26. The summed E-state index contributed by atoms with van der Waals surface area (Å²) in [5.41, 5.74) is -0.863. The van der Waals surface area contributed by atoms with Crippen LogP contribution < -0.4 is 10.6 Å². The van der Waals surface area contributed by atoms with Crippen LogP contribution in [0.25, 0.3) is 0 Å². The number of hydrogen-bond acceptors (Lipinski definition) is 2. The van der Waals surface area contributed by atoms with Crippen molar-refractivity contribution in [2.45, 2.75) is 66.0 Å². The van der Waals surface area contributed by atoms with E-state index in [9.17, 15) is 9.59 Å². The second kappa shape index (κ2) is 6.07. The maximum absolute atomic E-state index is 11.8. The summed E-state index contributed by atoms with van der Waals surface area (Å²) in [6.45, 7) is 11.2. The lowest BCUT2D eigenvalue weighted by Gasteiger charge is -2.31. The third-order valence-corrected chi connectivity index (χ3v) is 2.72. The molecule has 0 bridgehead atoms. The van der Waals surface area contributed by atoms with Crippen molar-refractivity contribution in [2.24, 2.45) is 5.41 Å². The van der Waals surface area contributed by atoms with Crippen LogP contribution in [0.3, 0.4) is 0 Å². The van der Waals surface area contributed by atoms with Crippen molar-refractivity contribution in [1.29, 1.82) is 0 Å². The smallest absolute Gasteiger partial charge is 0.326 e. The molecule has 0 fully saturated rings. The van der Waals surface area contributed by atoms with Crippen LogP contribution in [0.5, 0.6) is 0 Å². The molecule has 0 spiro atoms. The molecular formula is C13H26N2O3. The first-order chi connectivity index (χ1) is 7.99. The largest absolute Gasteiger partial charge is 0.480 e. The van der Waals surface area contributed by atoms with Crippen LogP contribution in [-0.4, -0.2) is 28.7 Å². The van der Waals surface area contributed by atoms with Crippen LogP contribution in [0.1, 0.15) is 54.4 Å². The molecule has 0 rings (SSSR count). The van der Waals surface area contributed by atoms with Crippen molar-refractivity contribution < 1.29 is 14.7 Å². The Morgan fingerprint density at radius 1 is 1.17 bits per heavy atom. The Balaban J connectivity index is 4.59. The quantitative estimate of drug-likeness (QED) is 0.708. The van der Waals surface area contributed by atoms with Crippen LogP contribution in [0.15, 0.2) is 0 Å². The minimum Gasteiger partial charge on any atom is -0.480 e. The average molecular weight is 258 g/mol. The van der Waals surface area contributed by atoms with Gasteiger partial charge in [0.2, 0.25) is 0 Å². The summed E-state index contributed by atoms with van der Waals surface area (Å²) in [7, 11) is 0. The van der Waals surface area contributed by atoms with Gasteiger partial charge >= 0.3 is 12.0 Å². The molecule has 0 aromatic heterocycles. The van der Waals surface area contributed by atoms with Gasteiger partial charge in [-0.1, -0.05) is 34.1 Å². The number of carboxylic acids is 1. The maximum Gasteiger partial charge on any atom is 0.326 e. The zero-order valence-corrected chi connectivity index (χ0v) is 12.3. The summed E-state index contributed by atoms with van der Waals surface area (Å²) >= 11 is 0. The highest BCUT2D eigenvalue weighted by atomic mass is 16.4. The first-order valence-corrected chi connectivity index (χ1v) is 6.31. The van der Waals surface area contributed by atoms with E-state index in [0.717, 1.165) is 12.8 Å². The van der Waals surface area contributed by atoms with Gasteiger partial charge in [0.15, 0.2) is 0 Å². The van der Waals surface area contributed by atoms with Gasteiger partial charge in [0.1, 0.15) is 6.04 Å². The predicted octanol–water partition coefficient (Wildman–Crippen LogP) is 2.36. The standard InChI is InChI=1S/C13H26N2O3/c1-7-8-13(5,6)15-11(18)14-9(10(16)17)12(2,3)4/h9H,7-8H2,1-6H3,(H,16,17)(H2,14,15,18). The predicted molar refractivity (Wildman–Crippen MR) is 71.5 cm³/mol. The maximum atomic E-state index is 11.8. The third kappa shape index (κ3) is 5.89. The highest BCUT2D eigenvalue weighted by Gasteiger charge is 2.33. The van der Waals surface area contributed by atoms with Crippen LogP contribution in [0.2, 0.25) is 0 Å². The van der Waals surface area contributed by atoms with E-state index in [1.807, 2.05) is 20.8 Å². The van der Waals surface area contributed by atoms with Crippen molar-refractivity contribution in [1.82, 2.24) is 10.6 Å². The monoisotopic (exact) mass is 258 g/mol. The number of carbonyl (C=O) groups excluding carboxylic acids is 1. The van der Waals surface area contributed by atoms with Crippen molar-refractivity contribution in [3.05, 3.63) is 0 Å². The second-order valence-electron chi connectivity index (χ2n) is 6.37. The molecular weight excluding hydrogens is 232 g/mol. The fourth-order valence-electron chi connectivity index (χ4n) is 1.81. The topological polar surface area (TPSA) is 78.4 Å². The van der Waals surface area contributed by atoms with E-state index < -0.39 is 23.5 Å². The van der Waals surface area contributed by atoms with E-state index >= 15 is 0 Å². The van der Waals surface area contributed by atoms with E-state index in [1.54, 1.807) is 20.8 Å². The Morgan fingerprint density at radius 3 is 2.00 bits per heavy atom. The normalized spacial score (nSPS) is 13.9.